The van der Waals surface area contributed by atoms with Gasteiger partial charge in [0.15, 0.2) is 46.3 Å². The van der Waals surface area contributed by atoms with E-state index in [-0.39, 0.29) is 241 Å². The van der Waals surface area contributed by atoms with E-state index in [0.717, 1.165) is 63.8 Å². The summed E-state index contributed by atoms with van der Waals surface area (Å²) in [4.78, 5) is 181. The normalized spacial score (nSPS) is 15.5. The lowest BCUT2D eigenvalue weighted by atomic mass is 9.90. The first-order chi connectivity index (χ1) is 59.8. The van der Waals surface area contributed by atoms with Crippen molar-refractivity contribution in [2.45, 2.75) is 432 Å². The van der Waals surface area contributed by atoms with Crippen LogP contribution in [0.4, 0.5) is 0 Å². The SMILES string of the molecule is CC(C)[13CH]=[18O].CC(C)[13CH]=[18O].CC(C)[13CH]=[18O].CCC(C)C(NC(=[18O])C(C)C)C(=O)C(C)C.CCC(C)C(N[13C](=O)C(C)C)C(=O)C(C)C.CCC(C)C(N[13C](=[18O])C(C)C)C(=O)C(C)C.CCC(C)C(N[13C](=[18O])C(C)C)C(=[18O])C(C)C.CCC(C)C([15NH2])C(=O)C(C)C.CCC(C)C([15NH2])C(=[18O])C(C)C.CCC(C)C([15NH2])[13C](=[18O])C(C)C.[2H]C([2H])([2H])CC([2H])(C)C(N[13C](=O)C(C)C)C(=O)C(C)C.[HH].[HH].[HH]. The van der Waals surface area contributed by atoms with Crippen molar-refractivity contribution in [1.82, 2.24) is 26.6 Å². The number of amides is 5. The van der Waals surface area contributed by atoms with Crippen LogP contribution in [-0.2, 0) is 76.7 Å². The number of carbonyl (C=O) groups is 16. The average Bonchev–Trinajstić information content (AvgIpc) is 0.818. The molecule has 16 atom stereocenters. The summed E-state index contributed by atoms with van der Waals surface area (Å²) in [6.07, 6.45) is 8.77. The molecule has 5 amide bonds. The van der Waals surface area contributed by atoms with E-state index in [9.17, 15) is 76.7 Å². The predicted molar refractivity (Wildman–Crippen MR) is 541 cm³/mol. The van der Waals surface area contributed by atoms with E-state index >= 15 is 0 Å². The molecular weight excluding hydrogens is 1650 g/mol. The maximum atomic E-state index is 12.2. The average molecular weight is 1860 g/mol. The summed E-state index contributed by atoms with van der Waals surface area (Å²) >= 11 is 0. The van der Waals surface area contributed by atoms with Crippen molar-refractivity contribution in [1.29, 1.82) is 0 Å². The van der Waals surface area contributed by atoms with Crippen LogP contribution in [0.3, 0.4) is 0 Å². The second-order valence-corrected chi connectivity index (χ2v) is 39.6. The van der Waals surface area contributed by atoms with Gasteiger partial charge in [-0.2, -0.15) is 0 Å². The first-order valence-electron chi connectivity index (χ1n) is 50.3. The van der Waals surface area contributed by atoms with E-state index in [1.807, 2.05) is 270 Å². The quantitative estimate of drug-likeness (QED) is 0.0121. The molecule has 0 aromatic rings. The third kappa shape index (κ3) is 73.2. The van der Waals surface area contributed by atoms with E-state index < -0.39 is 25.2 Å². The molecule has 0 saturated carbocycles. The fraction of sp³-hybridized carbons (Fsp3) is 0.846. The highest BCUT2D eigenvalue weighted by Crippen LogP contribution is 2.21. The van der Waals surface area contributed by atoms with E-state index in [4.69, 9.17) is 22.7 Å². The van der Waals surface area contributed by atoms with Crippen LogP contribution < -0.4 is 43.8 Å². The number of carbonyl (C=O) groups excluding carboxylic acids is 16. The molecule has 0 fully saturated rings. The Balaban J connectivity index is -0.000000101. The minimum Gasteiger partial charge on any atom is -0.346 e. The molecule has 764 valence electrons. The fourth-order valence-corrected chi connectivity index (χ4v) is 9.57. The van der Waals surface area contributed by atoms with E-state index in [2.05, 4.69) is 47.4 Å². The van der Waals surface area contributed by atoms with Crippen LogP contribution in [0.5, 0.6) is 0 Å². The van der Waals surface area contributed by atoms with Crippen LogP contribution in [0.2, 0.25) is 0 Å². The van der Waals surface area contributed by atoms with Crippen molar-refractivity contribution in [3.05, 3.63) is 0 Å². The molecule has 0 bridgehead atoms. The van der Waals surface area contributed by atoms with Gasteiger partial charge in [-0.05, 0) is 47.3 Å². The van der Waals surface area contributed by atoms with Crippen molar-refractivity contribution in [2.75, 3.05) is 0 Å². The first kappa shape index (κ1) is 135. The Bertz CT molecular complexity index is 2880. The van der Waals surface area contributed by atoms with Gasteiger partial charge in [0, 0.05) is 104 Å². The third-order valence-electron chi connectivity index (χ3n) is 21.4. The second kappa shape index (κ2) is 82.5. The zero-order valence-electron chi connectivity index (χ0n) is 94.6. The number of nitrogens with one attached hydrogen (secondary N) is 5. The third-order valence-corrected chi connectivity index (χ3v) is 21.4. The molecule has 0 saturated heterocycles. The molecule has 0 spiro atoms. The molecule has 0 radical (unpaired) electrons. The standard InChI is InChI=1S/5C13H25NO2.3C9H19NO.3C4H8O.3H2/c5*1-7-10(6)11(12(15)8(2)3)14-13(16)9(4)5;3*1-5-7(4)8(10)9(11)6(2)3;3*1-4(2)3-5;;;/h5*8-11H,7H2,1-6H3,(H,14,16);3*6-8H,5,10H2,1-4H3;3*3-4H,1-2H3;3*1H/i13+1,15+2,16+2;1D3,10D,13+1;13+1,16+2;16+2;13+1;9+1,10+1,11+2;10+1,11+2;10+1;3*3+1,5+2;;;. The highest BCUT2D eigenvalue weighted by atomic mass is 18.1. The summed E-state index contributed by atoms with van der Waals surface area (Å²) in [5.41, 5.74) is 17.2. The zero-order valence-corrected chi connectivity index (χ0v) is 90.6. The molecule has 0 aliphatic carbocycles. The molecule has 0 rings (SSSR count). The molecule has 0 aromatic heterocycles. The smallest absolute Gasteiger partial charge is 0.223 e. The lowest BCUT2D eigenvalue weighted by molar-refractivity contribution is -0.132. The van der Waals surface area contributed by atoms with E-state index in [1.54, 1.807) is 27.7 Å². The molecule has 24 heteroatoms. The largest absolute Gasteiger partial charge is 0.346 e. The predicted octanol–water partition coefficient (Wildman–Crippen LogP) is 20.0. The highest BCUT2D eigenvalue weighted by molar-refractivity contribution is 5.94. The lowest BCUT2D eigenvalue weighted by Crippen LogP contribution is -2.48. The first-order valence-corrected chi connectivity index (χ1v) is 48.3. The molecule has 0 aliphatic heterocycles. The minimum atomic E-state index is -2.32. The summed E-state index contributed by atoms with van der Waals surface area (Å²) in [5, 5.41) is 14.0. The molecule has 24 nitrogen and oxygen atoms in total. The van der Waals surface area contributed by atoms with Crippen LogP contribution >= 0.6 is 0 Å². The van der Waals surface area contributed by atoms with Crippen LogP contribution in [-0.4, -0.2) is 143 Å². The number of rotatable bonds is 45. The fourth-order valence-electron chi connectivity index (χ4n) is 9.57. The van der Waals surface area contributed by atoms with Gasteiger partial charge in [0.25, 0.3) is 0 Å². The zero-order chi connectivity index (χ0) is 108. The summed E-state index contributed by atoms with van der Waals surface area (Å²) in [5.74, 6) is -0.0110. The van der Waals surface area contributed by atoms with Gasteiger partial charge < -0.3 is 58.2 Å². The Morgan fingerprint density at radius 2 is 0.445 bits per heavy atom. The Morgan fingerprint density at radius 3 is 0.625 bits per heavy atom. The topological polar surface area (TPSA) is 411 Å². The molecule has 16 unspecified atom stereocenters. The number of nitrogens with two attached hydrogens (primary N) is 3. The molecule has 0 aromatic carbocycles. The van der Waals surface area contributed by atoms with Crippen LogP contribution in [0, 0.1) is 142 Å². The summed E-state index contributed by atoms with van der Waals surface area (Å²) in [7, 11) is 0. The Morgan fingerprint density at radius 1 is 0.258 bits per heavy atom. The van der Waals surface area contributed by atoms with Gasteiger partial charge in [-0.15, -0.1) is 0 Å². The minimum absolute atomic E-state index is 0. The molecule has 128 heavy (non-hydrogen) atoms. The summed E-state index contributed by atoms with van der Waals surface area (Å²) < 4.78 is 30.1. The summed E-state index contributed by atoms with van der Waals surface area (Å²) in [6.45, 7) is 86.3. The van der Waals surface area contributed by atoms with Crippen molar-refractivity contribution in [3.63, 3.8) is 0 Å². The number of hydrogen-bond acceptors (Lipinski definition) is 19. The molecule has 0 aliphatic rings. The Kier molecular flexibility index (Phi) is 86.8. The van der Waals surface area contributed by atoms with Crippen LogP contribution in [0.1, 0.15) is 393 Å². The van der Waals surface area contributed by atoms with Crippen LogP contribution in [0.15, 0.2) is 0 Å². The van der Waals surface area contributed by atoms with Crippen molar-refractivity contribution in [3.8, 4) is 0 Å². The van der Waals surface area contributed by atoms with Gasteiger partial charge in [-0.25, -0.2) is 0 Å². The maximum absolute atomic E-state index is 12.2. The van der Waals surface area contributed by atoms with Crippen molar-refractivity contribution in [2.24, 2.45) is 159 Å². The van der Waals surface area contributed by atoms with Crippen molar-refractivity contribution < 1.29 is 86.5 Å². The molecular formula is C104H212N8O16. The van der Waals surface area contributed by atoms with Gasteiger partial charge >= 0.3 is 0 Å². The number of ketones is 8. The number of hydrogen-bond donors (Lipinski definition) is 8. The summed E-state index contributed by atoms with van der Waals surface area (Å²) in [6, 6.07) is -3.24. The van der Waals surface area contributed by atoms with Gasteiger partial charge in [0.1, 0.15) is 18.9 Å². The second-order valence-electron chi connectivity index (χ2n) is 39.6. The highest BCUT2D eigenvalue weighted by Gasteiger charge is 2.34. The van der Waals surface area contributed by atoms with Gasteiger partial charge in [0.05, 0.1) is 48.3 Å². The Hall–Kier alpha value is -6.40. The van der Waals surface area contributed by atoms with Crippen LogP contribution in [0.25, 0.3) is 0 Å². The Labute approximate surface area is 795 Å². The molecule has 11 N–H and O–H groups in total. The number of Topliss-reactive ketones (excluding diaryl/α,β-unsaturated/α-hetero) is 8. The van der Waals surface area contributed by atoms with Gasteiger partial charge in [-0.1, -0.05) is 384 Å². The lowest BCUT2D eigenvalue weighted by Gasteiger charge is -2.25. The monoisotopic (exact) mass is 1860 g/mol. The van der Waals surface area contributed by atoms with Gasteiger partial charge in [-0.3, -0.25) is 62.3 Å². The molecule has 0 heterocycles. The van der Waals surface area contributed by atoms with Gasteiger partial charge in [0.2, 0.25) is 29.5 Å². The number of aldehydes is 3. The van der Waals surface area contributed by atoms with E-state index in [0.29, 0.717) is 17.8 Å². The van der Waals surface area contributed by atoms with Crippen molar-refractivity contribution >= 4 is 94.7 Å². The maximum Gasteiger partial charge on any atom is 0.223 e. The van der Waals surface area contributed by atoms with E-state index in [1.165, 1.54) is 6.92 Å².